The third kappa shape index (κ3) is 4.31. The van der Waals surface area contributed by atoms with Crippen LogP contribution in [0, 0.1) is 0 Å². The summed E-state index contributed by atoms with van der Waals surface area (Å²) in [6.45, 7) is 0.941. The number of rotatable bonds is 6. The average Bonchev–Trinajstić information content (AvgIpc) is 3.00. The van der Waals surface area contributed by atoms with Gasteiger partial charge in [-0.2, -0.15) is 0 Å². The minimum atomic E-state index is -0.321. The summed E-state index contributed by atoms with van der Waals surface area (Å²) in [7, 11) is 0. The summed E-state index contributed by atoms with van der Waals surface area (Å²) in [6, 6.07) is 6.96. The van der Waals surface area contributed by atoms with Crippen molar-refractivity contribution in [2.24, 2.45) is 0 Å². The van der Waals surface area contributed by atoms with Crippen LogP contribution in [0.3, 0.4) is 0 Å². The number of carbonyl (C=O) groups is 3. The molecule has 0 spiro atoms. The number of benzene rings is 1. The van der Waals surface area contributed by atoms with Gasteiger partial charge in [-0.3, -0.25) is 9.59 Å². The van der Waals surface area contributed by atoms with E-state index in [0.717, 1.165) is 18.3 Å². The van der Waals surface area contributed by atoms with E-state index in [2.05, 4.69) is 5.32 Å². The molecule has 1 atom stereocenters. The van der Waals surface area contributed by atoms with Crippen molar-refractivity contribution in [1.29, 1.82) is 0 Å². The van der Waals surface area contributed by atoms with Crippen molar-refractivity contribution < 1.29 is 14.4 Å². The Morgan fingerprint density at radius 2 is 2.09 bits per heavy atom. The monoisotopic (exact) mass is 322 g/mol. The first kappa shape index (κ1) is 16.5. The van der Waals surface area contributed by atoms with Gasteiger partial charge in [0, 0.05) is 31.0 Å². The molecule has 1 fully saturated rings. The largest absolute Gasteiger partial charge is 0.352 e. The summed E-state index contributed by atoms with van der Waals surface area (Å²) in [5, 5.41) is 3.35. The number of hydrogen-bond donors (Lipinski definition) is 1. The Bertz CT molecular complexity index is 562. The molecule has 2 amide bonds. The van der Waals surface area contributed by atoms with E-state index in [1.54, 1.807) is 11.0 Å². The minimum Gasteiger partial charge on any atom is -0.352 e. The lowest BCUT2D eigenvalue weighted by Gasteiger charge is -2.20. The number of halogens is 1. The van der Waals surface area contributed by atoms with Gasteiger partial charge >= 0.3 is 0 Å². The molecule has 1 heterocycles. The van der Waals surface area contributed by atoms with Crippen LogP contribution in [0.15, 0.2) is 24.3 Å². The van der Waals surface area contributed by atoms with E-state index in [0.29, 0.717) is 24.5 Å². The Morgan fingerprint density at radius 1 is 1.32 bits per heavy atom. The van der Waals surface area contributed by atoms with Gasteiger partial charge in [-0.05, 0) is 24.5 Å². The van der Waals surface area contributed by atoms with E-state index in [1.165, 1.54) is 0 Å². The van der Waals surface area contributed by atoms with Gasteiger partial charge in [-0.15, -0.1) is 0 Å². The molecule has 0 radical (unpaired) electrons. The summed E-state index contributed by atoms with van der Waals surface area (Å²) >= 11 is 6.01. The Hall–Kier alpha value is -1.88. The first-order valence-corrected chi connectivity index (χ1v) is 7.74. The van der Waals surface area contributed by atoms with Crippen LogP contribution >= 0.6 is 11.6 Å². The molecule has 1 aliphatic rings. The van der Waals surface area contributed by atoms with Gasteiger partial charge in [0.2, 0.25) is 11.8 Å². The maximum atomic E-state index is 12.0. The number of aldehydes is 1. The van der Waals surface area contributed by atoms with Crippen molar-refractivity contribution in [2.45, 2.75) is 38.3 Å². The fourth-order valence-electron chi connectivity index (χ4n) is 2.53. The van der Waals surface area contributed by atoms with E-state index >= 15 is 0 Å². The molecule has 0 aromatic heterocycles. The molecule has 1 N–H and O–H groups in total. The SMILES string of the molecule is O=C[C@@H]1CCCN1C(=O)CCC(=O)NCc1ccccc1Cl. The molecule has 22 heavy (non-hydrogen) atoms. The second-order valence-electron chi connectivity index (χ2n) is 5.30. The summed E-state index contributed by atoms with van der Waals surface area (Å²) < 4.78 is 0. The number of likely N-dealkylation sites (tertiary alicyclic amines) is 1. The highest BCUT2D eigenvalue weighted by molar-refractivity contribution is 6.31. The number of nitrogens with one attached hydrogen (secondary N) is 1. The van der Waals surface area contributed by atoms with Crippen molar-refractivity contribution in [3.63, 3.8) is 0 Å². The molecule has 0 aliphatic carbocycles. The third-order valence-corrected chi connectivity index (χ3v) is 4.15. The molecular weight excluding hydrogens is 304 g/mol. The number of nitrogens with zero attached hydrogens (tertiary/aromatic N) is 1. The van der Waals surface area contributed by atoms with Gasteiger partial charge in [0.25, 0.3) is 0 Å². The first-order valence-electron chi connectivity index (χ1n) is 7.36. The highest BCUT2D eigenvalue weighted by Gasteiger charge is 2.28. The Labute approximate surface area is 134 Å². The topological polar surface area (TPSA) is 66.5 Å². The average molecular weight is 323 g/mol. The first-order chi connectivity index (χ1) is 10.6. The standard InChI is InChI=1S/C16H19ClN2O3/c17-14-6-2-1-4-12(14)10-18-15(21)7-8-16(22)19-9-3-5-13(19)11-20/h1-2,4,6,11,13H,3,5,7-10H2,(H,18,21)/t13-/m0/s1. The Balaban J connectivity index is 1.75. The zero-order chi connectivity index (χ0) is 15.9. The molecule has 0 bridgehead atoms. The number of hydrogen-bond acceptors (Lipinski definition) is 3. The van der Waals surface area contributed by atoms with E-state index < -0.39 is 0 Å². The van der Waals surface area contributed by atoms with Gasteiger partial charge in [0.05, 0.1) is 6.04 Å². The lowest BCUT2D eigenvalue weighted by molar-refractivity contribution is -0.136. The summed E-state index contributed by atoms with van der Waals surface area (Å²) in [5.74, 6) is -0.336. The van der Waals surface area contributed by atoms with E-state index in [9.17, 15) is 14.4 Å². The molecule has 1 saturated heterocycles. The molecule has 1 aliphatic heterocycles. The van der Waals surface area contributed by atoms with Crippen LogP contribution in [-0.2, 0) is 20.9 Å². The molecule has 1 aromatic carbocycles. The van der Waals surface area contributed by atoms with E-state index in [-0.39, 0.29) is 30.7 Å². The lowest BCUT2D eigenvalue weighted by atomic mass is 10.2. The summed E-state index contributed by atoms with van der Waals surface area (Å²) in [5.41, 5.74) is 0.837. The van der Waals surface area contributed by atoms with Crippen molar-refractivity contribution in [3.8, 4) is 0 Å². The van der Waals surface area contributed by atoms with Gasteiger partial charge in [-0.1, -0.05) is 29.8 Å². The van der Waals surface area contributed by atoms with Crippen LogP contribution in [0.1, 0.15) is 31.2 Å². The van der Waals surface area contributed by atoms with Crippen molar-refractivity contribution in [1.82, 2.24) is 10.2 Å². The zero-order valence-electron chi connectivity index (χ0n) is 12.3. The van der Waals surface area contributed by atoms with Gasteiger partial charge in [-0.25, -0.2) is 0 Å². The Morgan fingerprint density at radius 3 is 2.82 bits per heavy atom. The predicted octanol–water partition coefficient (Wildman–Crippen LogP) is 1.93. The fourth-order valence-corrected chi connectivity index (χ4v) is 2.73. The van der Waals surface area contributed by atoms with Crippen LogP contribution in [0.5, 0.6) is 0 Å². The van der Waals surface area contributed by atoms with Crippen LogP contribution in [0.4, 0.5) is 0 Å². The summed E-state index contributed by atoms with van der Waals surface area (Å²) in [6.07, 6.45) is 2.61. The smallest absolute Gasteiger partial charge is 0.223 e. The fraction of sp³-hybridized carbons (Fsp3) is 0.438. The van der Waals surface area contributed by atoms with Crippen LogP contribution in [0.2, 0.25) is 5.02 Å². The molecule has 1 aromatic rings. The van der Waals surface area contributed by atoms with Crippen molar-refractivity contribution in [3.05, 3.63) is 34.9 Å². The molecule has 2 rings (SSSR count). The predicted molar refractivity (Wildman–Crippen MR) is 83.3 cm³/mol. The molecule has 6 heteroatoms. The highest BCUT2D eigenvalue weighted by atomic mass is 35.5. The van der Waals surface area contributed by atoms with E-state index in [1.807, 2.05) is 18.2 Å². The van der Waals surface area contributed by atoms with Crippen LogP contribution in [0.25, 0.3) is 0 Å². The quantitative estimate of drug-likeness (QED) is 0.814. The summed E-state index contributed by atoms with van der Waals surface area (Å²) in [4.78, 5) is 36.2. The second kappa shape index (κ2) is 7.94. The number of carbonyl (C=O) groups excluding carboxylic acids is 3. The Kier molecular flexibility index (Phi) is 5.95. The van der Waals surface area contributed by atoms with Gasteiger partial charge < -0.3 is 15.0 Å². The molecule has 5 nitrogen and oxygen atoms in total. The molecule has 118 valence electrons. The molecule has 0 saturated carbocycles. The highest BCUT2D eigenvalue weighted by Crippen LogP contribution is 2.17. The zero-order valence-corrected chi connectivity index (χ0v) is 13.0. The molecular formula is C16H19ClN2O3. The number of amides is 2. The lowest BCUT2D eigenvalue weighted by Crippen LogP contribution is -2.37. The van der Waals surface area contributed by atoms with Gasteiger partial charge in [0.1, 0.15) is 6.29 Å². The van der Waals surface area contributed by atoms with Gasteiger partial charge in [0.15, 0.2) is 0 Å². The minimum absolute atomic E-state index is 0.116. The second-order valence-corrected chi connectivity index (χ2v) is 5.71. The van der Waals surface area contributed by atoms with E-state index in [4.69, 9.17) is 11.6 Å². The third-order valence-electron chi connectivity index (χ3n) is 3.78. The normalized spacial score (nSPS) is 17.3. The molecule has 0 unspecified atom stereocenters. The van der Waals surface area contributed by atoms with Crippen LogP contribution in [-0.4, -0.2) is 35.6 Å². The van der Waals surface area contributed by atoms with Crippen LogP contribution < -0.4 is 5.32 Å². The maximum absolute atomic E-state index is 12.0. The van der Waals surface area contributed by atoms with Crippen molar-refractivity contribution >= 4 is 29.7 Å². The van der Waals surface area contributed by atoms with Crippen molar-refractivity contribution in [2.75, 3.05) is 6.54 Å². The maximum Gasteiger partial charge on any atom is 0.223 e.